The molecule has 0 aromatic heterocycles. The molecule has 0 aliphatic carbocycles. The maximum Gasteiger partial charge on any atom is 0.269 e. The minimum atomic E-state index is -3.69. The molecule has 1 aromatic carbocycles. The lowest BCUT2D eigenvalue weighted by molar-refractivity contribution is 0.0938. The molecule has 128 valence electrons. The maximum absolute atomic E-state index is 13.8. The Labute approximate surface area is 134 Å². The highest BCUT2D eigenvalue weighted by molar-refractivity contribution is 7.90. The molecule has 7 nitrogen and oxygen atoms in total. The van der Waals surface area contributed by atoms with Gasteiger partial charge in [0, 0.05) is 26.7 Å². The summed E-state index contributed by atoms with van der Waals surface area (Å²) in [5.74, 6) is -1.50. The summed E-state index contributed by atoms with van der Waals surface area (Å²) in [7, 11) is -2.12. The lowest BCUT2D eigenvalue weighted by Crippen LogP contribution is -2.60. The van der Waals surface area contributed by atoms with Gasteiger partial charge in [0.15, 0.2) is 0 Å². The van der Waals surface area contributed by atoms with E-state index in [9.17, 15) is 17.6 Å². The third kappa shape index (κ3) is 4.25. The van der Waals surface area contributed by atoms with Crippen LogP contribution in [0.15, 0.2) is 18.2 Å². The van der Waals surface area contributed by atoms with Gasteiger partial charge < -0.3 is 4.74 Å². The average Bonchev–Trinajstić information content (AvgIpc) is 2.46. The van der Waals surface area contributed by atoms with E-state index in [1.807, 2.05) is 9.73 Å². The fourth-order valence-corrected chi connectivity index (χ4v) is 3.43. The summed E-state index contributed by atoms with van der Waals surface area (Å²) in [6.07, 6.45) is 0. The number of hydrogen-bond acceptors (Lipinski definition) is 5. The Morgan fingerprint density at radius 2 is 2.13 bits per heavy atom. The number of rotatable bonds is 7. The number of benzene rings is 1. The molecule has 1 aliphatic rings. The van der Waals surface area contributed by atoms with Crippen LogP contribution in [-0.2, 0) is 14.8 Å². The lowest BCUT2D eigenvalue weighted by Gasteiger charge is -2.38. The van der Waals surface area contributed by atoms with Crippen LogP contribution < -0.4 is 10.3 Å². The standard InChI is InChI=1S/C14H20FN3O4S/c1-10-4-3-5-12(13(10)15)14(19)16-17-23(20,21)11-8-18(9-11)6-7-22-2/h3-5,11,17H,6-9H2,1-2H3,(H,16,19). The van der Waals surface area contributed by atoms with Crippen molar-refractivity contribution < 1.29 is 22.3 Å². The van der Waals surface area contributed by atoms with Crippen molar-refractivity contribution >= 4 is 15.9 Å². The van der Waals surface area contributed by atoms with Gasteiger partial charge in [-0.1, -0.05) is 12.1 Å². The Bertz CT molecular complexity index is 675. The van der Waals surface area contributed by atoms with Gasteiger partial charge in [0.2, 0.25) is 10.0 Å². The lowest BCUT2D eigenvalue weighted by atomic mass is 10.1. The van der Waals surface area contributed by atoms with Gasteiger partial charge in [-0.15, -0.1) is 4.83 Å². The third-order valence-corrected chi connectivity index (χ3v) is 5.28. The number of sulfonamides is 1. The van der Waals surface area contributed by atoms with Crippen molar-refractivity contribution in [3.8, 4) is 0 Å². The van der Waals surface area contributed by atoms with E-state index in [1.165, 1.54) is 25.1 Å². The first kappa shape index (κ1) is 17.8. The second-order valence-electron chi connectivity index (χ2n) is 5.41. The summed E-state index contributed by atoms with van der Waals surface area (Å²) in [4.78, 5) is 15.9. The highest BCUT2D eigenvalue weighted by atomic mass is 32.2. The number of hydrazine groups is 1. The minimum Gasteiger partial charge on any atom is -0.383 e. The zero-order valence-corrected chi connectivity index (χ0v) is 13.8. The fraction of sp³-hybridized carbons (Fsp3) is 0.500. The van der Waals surface area contributed by atoms with Crippen LogP contribution in [0.5, 0.6) is 0 Å². The quantitative estimate of drug-likeness (QED) is 0.681. The van der Waals surface area contributed by atoms with Gasteiger partial charge in [0.25, 0.3) is 5.91 Å². The molecule has 2 rings (SSSR count). The normalized spacial score (nSPS) is 16.1. The third-order valence-electron chi connectivity index (χ3n) is 3.72. The van der Waals surface area contributed by atoms with Crippen molar-refractivity contribution in [3.63, 3.8) is 0 Å². The second-order valence-corrected chi connectivity index (χ2v) is 7.37. The van der Waals surface area contributed by atoms with Gasteiger partial charge in [-0.25, -0.2) is 12.8 Å². The van der Waals surface area contributed by atoms with Crippen LogP contribution in [0.2, 0.25) is 0 Å². The van der Waals surface area contributed by atoms with Crippen LogP contribution in [-0.4, -0.2) is 57.8 Å². The number of aryl methyl sites for hydroxylation is 1. The maximum atomic E-state index is 13.8. The van der Waals surface area contributed by atoms with Crippen molar-refractivity contribution in [3.05, 3.63) is 35.1 Å². The predicted molar refractivity (Wildman–Crippen MR) is 82.8 cm³/mol. The topological polar surface area (TPSA) is 87.7 Å². The highest BCUT2D eigenvalue weighted by Crippen LogP contribution is 2.15. The average molecular weight is 345 g/mol. The first-order chi connectivity index (χ1) is 10.8. The summed E-state index contributed by atoms with van der Waals surface area (Å²) >= 11 is 0. The van der Waals surface area contributed by atoms with Gasteiger partial charge in [0.05, 0.1) is 12.2 Å². The minimum absolute atomic E-state index is 0.206. The molecule has 2 N–H and O–H groups in total. The zero-order chi connectivity index (χ0) is 17.0. The molecule has 1 heterocycles. The van der Waals surface area contributed by atoms with Crippen LogP contribution in [0.25, 0.3) is 0 Å². The monoisotopic (exact) mass is 345 g/mol. The van der Waals surface area contributed by atoms with E-state index < -0.39 is 27.0 Å². The Hall–Kier alpha value is -1.55. The van der Waals surface area contributed by atoms with E-state index in [1.54, 1.807) is 7.11 Å². The number of nitrogens with one attached hydrogen (secondary N) is 2. The number of likely N-dealkylation sites (tertiary alicyclic amines) is 1. The van der Waals surface area contributed by atoms with E-state index >= 15 is 0 Å². The Morgan fingerprint density at radius 3 is 2.78 bits per heavy atom. The van der Waals surface area contributed by atoms with Crippen LogP contribution in [0.1, 0.15) is 15.9 Å². The summed E-state index contributed by atoms with van der Waals surface area (Å²) in [5.41, 5.74) is 2.16. The molecule has 0 radical (unpaired) electrons. The van der Waals surface area contributed by atoms with Gasteiger partial charge in [-0.2, -0.15) is 0 Å². The zero-order valence-electron chi connectivity index (χ0n) is 13.0. The first-order valence-electron chi connectivity index (χ1n) is 7.12. The number of amides is 1. The number of carbonyl (C=O) groups is 1. The molecule has 0 bridgehead atoms. The number of nitrogens with zero attached hydrogens (tertiary/aromatic N) is 1. The van der Waals surface area contributed by atoms with Crippen molar-refractivity contribution in [1.29, 1.82) is 0 Å². The Balaban J connectivity index is 1.88. The smallest absolute Gasteiger partial charge is 0.269 e. The summed E-state index contributed by atoms with van der Waals surface area (Å²) in [5, 5.41) is -0.609. The van der Waals surface area contributed by atoms with E-state index in [4.69, 9.17) is 4.74 Å². The molecule has 0 spiro atoms. The van der Waals surface area contributed by atoms with Crippen molar-refractivity contribution in [1.82, 2.24) is 15.2 Å². The number of carbonyl (C=O) groups excluding carboxylic acids is 1. The molecule has 1 saturated heterocycles. The highest BCUT2D eigenvalue weighted by Gasteiger charge is 2.37. The van der Waals surface area contributed by atoms with Gasteiger partial charge in [0.1, 0.15) is 11.1 Å². The van der Waals surface area contributed by atoms with E-state index in [0.717, 1.165) is 0 Å². The summed E-state index contributed by atoms with van der Waals surface area (Å²) in [6.45, 7) is 3.45. The second kappa shape index (κ2) is 7.35. The number of halogens is 1. The largest absolute Gasteiger partial charge is 0.383 e. The number of ether oxygens (including phenoxy) is 1. The molecule has 1 aromatic rings. The molecule has 1 fully saturated rings. The molecule has 1 amide bonds. The van der Waals surface area contributed by atoms with Gasteiger partial charge in [-0.3, -0.25) is 15.1 Å². The van der Waals surface area contributed by atoms with Crippen molar-refractivity contribution in [2.75, 3.05) is 33.4 Å². The molecule has 9 heteroatoms. The van der Waals surface area contributed by atoms with E-state index in [-0.39, 0.29) is 5.56 Å². The molecule has 23 heavy (non-hydrogen) atoms. The summed E-state index contributed by atoms with van der Waals surface area (Å²) < 4.78 is 42.8. The van der Waals surface area contributed by atoms with Crippen molar-refractivity contribution in [2.45, 2.75) is 12.2 Å². The Morgan fingerprint density at radius 1 is 1.43 bits per heavy atom. The first-order valence-corrected chi connectivity index (χ1v) is 8.67. The van der Waals surface area contributed by atoms with Gasteiger partial charge >= 0.3 is 0 Å². The molecule has 0 atom stereocenters. The molecule has 0 saturated carbocycles. The van der Waals surface area contributed by atoms with Crippen LogP contribution in [0.4, 0.5) is 4.39 Å². The molecular weight excluding hydrogens is 325 g/mol. The van der Waals surface area contributed by atoms with E-state index in [0.29, 0.717) is 31.8 Å². The summed E-state index contributed by atoms with van der Waals surface area (Å²) in [6, 6.07) is 4.35. The SMILES string of the molecule is COCCN1CC(S(=O)(=O)NNC(=O)c2cccc(C)c2F)C1. The van der Waals surface area contributed by atoms with E-state index in [2.05, 4.69) is 5.43 Å². The predicted octanol–water partition coefficient (Wildman–Crippen LogP) is 0.0289. The molecule has 1 aliphatic heterocycles. The Kier molecular flexibility index (Phi) is 5.69. The van der Waals surface area contributed by atoms with Gasteiger partial charge in [-0.05, 0) is 18.6 Å². The molecular formula is C14H20FN3O4S. The molecule has 0 unspecified atom stereocenters. The number of methoxy groups -OCH3 is 1. The van der Waals surface area contributed by atoms with Crippen LogP contribution >= 0.6 is 0 Å². The van der Waals surface area contributed by atoms with Crippen LogP contribution in [0, 0.1) is 12.7 Å². The number of hydrogen-bond donors (Lipinski definition) is 2. The fourth-order valence-electron chi connectivity index (χ4n) is 2.21. The van der Waals surface area contributed by atoms with Crippen LogP contribution in [0.3, 0.4) is 0 Å². The van der Waals surface area contributed by atoms with Crippen molar-refractivity contribution in [2.24, 2.45) is 0 Å².